The van der Waals surface area contributed by atoms with Crippen LogP contribution in [0, 0.1) is 0 Å². The number of para-hydroxylation sites is 2. The largest absolute Gasteiger partial charge is 0.456 e. The Kier molecular flexibility index (Phi) is 5.98. The van der Waals surface area contributed by atoms with Crippen molar-refractivity contribution in [2.75, 3.05) is 9.80 Å². The number of anilines is 6. The van der Waals surface area contributed by atoms with Gasteiger partial charge in [0.2, 0.25) is 0 Å². The van der Waals surface area contributed by atoms with E-state index in [9.17, 15) is 0 Å². The molecule has 0 fully saturated rings. The van der Waals surface area contributed by atoms with Crippen LogP contribution in [-0.2, 0) is 12.8 Å². The van der Waals surface area contributed by atoms with Crippen molar-refractivity contribution in [3.05, 3.63) is 151 Å². The molecule has 11 rings (SSSR count). The van der Waals surface area contributed by atoms with Gasteiger partial charge in [0.05, 0.1) is 0 Å². The Morgan fingerprint density at radius 2 is 0.922 bits per heavy atom. The molecule has 2 aromatic heterocycles. The first kappa shape index (κ1) is 28.6. The minimum atomic E-state index is -0.0331. The van der Waals surface area contributed by atoms with Gasteiger partial charge in [-0.3, -0.25) is 0 Å². The van der Waals surface area contributed by atoms with Gasteiger partial charge in [-0.15, -0.1) is 0 Å². The number of hydrogen-bond acceptors (Lipinski definition) is 4. The van der Waals surface area contributed by atoms with Crippen LogP contribution in [0.4, 0.5) is 34.1 Å². The standard InChI is InChI=1S/C46H33BN2O2/c1-3-28-16-20-30(21-17-28)48-38-12-9-13-39-46(38)47(37-26-44-35(25-40(37)48)33-11-6-8-15-43(33)50-44)36-24-34-32-10-5-7-14-42(32)51-45(34)27-41(36)49(39)31-22-18-29(4-2)19-23-31/h5-27H,3-4H2,1-2H3. The number of benzene rings is 7. The monoisotopic (exact) mass is 656 g/mol. The summed E-state index contributed by atoms with van der Waals surface area (Å²) >= 11 is 0. The van der Waals surface area contributed by atoms with Crippen LogP contribution in [0.15, 0.2) is 148 Å². The summed E-state index contributed by atoms with van der Waals surface area (Å²) in [5.41, 5.74) is 17.0. The second-order valence-electron chi connectivity index (χ2n) is 13.9. The summed E-state index contributed by atoms with van der Waals surface area (Å²) in [4.78, 5) is 4.92. The van der Waals surface area contributed by atoms with E-state index in [2.05, 4.69) is 151 Å². The van der Waals surface area contributed by atoms with Crippen LogP contribution in [0.5, 0.6) is 0 Å². The third-order valence-corrected chi connectivity index (χ3v) is 11.2. The molecule has 4 nitrogen and oxygen atoms in total. The number of hydrogen-bond donors (Lipinski definition) is 0. The van der Waals surface area contributed by atoms with Crippen LogP contribution in [0.25, 0.3) is 43.9 Å². The summed E-state index contributed by atoms with van der Waals surface area (Å²) in [7, 11) is 0. The van der Waals surface area contributed by atoms with E-state index in [4.69, 9.17) is 8.83 Å². The Morgan fingerprint density at radius 3 is 1.49 bits per heavy atom. The second kappa shape index (κ2) is 10.7. The fraction of sp³-hybridized carbons (Fsp3) is 0.0870. The van der Waals surface area contributed by atoms with Crippen LogP contribution >= 0.6 is 0 Å². The molecule has 242 valence electrons. The van der Waals surface area contributed by atoms with Crippen LogP contribution in [0.1, 0.15) is 25.0 Å². The quantitative estimate of drug-likeness (QED) is 0.177. The van der Waals surface area contributed by atoms with Gasteiger partial charge in [0.25, 0.3) is 6.71 Å². The molecule has 9 aromatic rings. The first-order valence-electron chi connectivity index (χ1n) is 18.0. The molecule has 0 aliphatic carbocycles. The fourth-order valence-electron chi connectivity index (χ4n) is 8.69. The van der Waals surface area contributed by atoms with E-state index in [1.807, 2.05) is 12.1 Å². The summed E-state index contributed by atoms with van der Waals surface area (Å²) < 4.78 is 13.1. The predicted molar refractivity (Wildman–Crippen MR) is 214 cm³/mol. The molecule has 0 N–H and O–H groups in total. The lowest BCUT2D eigenvalue weighted by molar-refractivity contribution is 0.668. The predicted octanol–water partition coefficient (Wildman–Crippen LogP) is 10.7. The molecule has 0 saturated heterocycles. The lowest BCUT2D eigenvalue weighted by Gasteiger charge is -2.44. The van der Waals surface area contributed by atoms with Gasteiger partial charge in [0, 0.05) is 61.7 Å². The van der Waals surface area contributed by atoms with Crippen LogP contribution in [0.2, 0.25) is 0 Å². The van der Waals surface area contributed by atoms with E-state index in [0.29, 0.717) is 0 Å². The maximum Gasteiger partial charge on any atom is 0.252 e. The van der Waals surface area contributed by atoms with Crippen LogP contribution in [-0.4, -0.2) is 6.71 Å². The molecule has 0 amide bonds. The van der Waals surface area contributed by atoms with E-state index in [1.165, 1.54) is 44.6 Å². The molecule has 4 heterocycles. The van der Waals surface area contributed by atoms with Crippen molar-refractivity contribution < 1.29 is 8.83 Å². The van der Waals surface area contributed by atoms with Gasteiger partial charge in [-0.25, -0.2) is 0 Å². The van der Waals surface area contributed by atoms with Gasteiger partial charge in [-0.2, -0.15) is 0 Å². The molecular weight excluding hydrogens is 623 g/mol. The molecule has 7 aromatic carbocycles. The molecule has 0 atom stereocenters. The molecule has 0 unspecified atom stereocenters. The first-order valence-corrected chi connectivity index (χ1v) is 18.0. The van der Waals surface area contributed by atoms with Crippen molar-refractivity contribution in [2.45, 2.75) is 26.7 Å². The number of aryl methyl sites for hydroxylation is 2. The second-order valence-corrected chi connectivity index (χ2v) is 13.9. The first-order chi connectivity index (χ1) is 25.2. The maximum atomic E-state index is 6.59. The normalized spacial score (nSPS) is 13.3. The Hall–Kier alpha value is -6.20. The molecule has 0 radical (unpaired) electrons. The van der Waals surface area contributed by atoms with Crippen LogP contribution < -0.4 is 26.2 Å². The number of fused-ring (bicyclic) bond motifs is 10. The van der Waals surface area contributed by atoms with Crippen molar-refractivity contribution in [3.63, 3.8) is 0 Å². The topological polar surface area (TPSA) is 32.8 Å². The van der Waals surface area contributed by atoms with E-state index in [1.54, 1.807) is 0 Å². The van der Waals surface area contributed by atoms with Crippen molar-refractivity contribution in [1.82, 2.24) is 0 Å². The zero-order chi connectivity index (χ0) is 33.8. The SMILES string of the molecule is CCc1ccc(N2c3cc4oc5ccccc5c4cc3B3c4cc5oc6ccccc6c5cc4N(c4ccc(CC)cc4)c4cccc2c43)cc1. The van der Waals surface area contributed by atoms with Gasteiger partial charge >= 0.3 is 0 Å². The van der Waals surface area contributed by atoms with Gasteiger partial charge in [-0.1, -0.05) is 86.6 Å². The summed E-state index contributed by atoms with van der Waals surface area (Å²) in [6, 6.07) is 51.0. The number of furan rings is 2. The number of rotatable bonds is 4. The van der Waals surface area contributed by atoms with Crippen molar-refractivity contribution in [1.29, 1.82) is 0 Å². The maximum absolute atomic E-state index is 6.59. The van der Waals surface area contributed by atoms with Gasteiger partial charge in [0.15, 0.2) is 0 Å². The summed E-state index contributed by atoms with van der Waals surface area (Å²) in [5.74, 6) is 0. The Labute approximate surface area is 296 Å². The zero-order valence-electron chi connectivity index (χ0n) is 28.5. The minimum absolute atomic E-state index is 0.0331. The minimum Gasteiger partial charge on any atom is -0.456 e. The van der Waals surface area contributed by atoms with E-state index < -0.39 is 0 Å². The summed E-state index contributed by atoms with van der Waals surface area (Å²) in [5, 5.41) is 4.53. The Morgan fingerprint density at radius 1 is 0.431 bits per heavy atom. The highest BCUT2D eigenvalue weighted by Gasteiger charge is 2.44. The number of nitrogens with zero attached hydrogens (tertiary/aromatic N) is 2. The molecule has 0 bridgehead atoms. The molecule has 0 spiro atoms. The molecule has 2 aliphatic rings. The van der Waals surface area contributed by atoms with E-state index in [-0.39, 0.29) is 6.71 Å². The van der Waals surface area contributed by atoms with Gasteiger partial charge in [-0.05, 0) is 101 Å². The highest BCUT2D eigenvalue weighted by atomic mass is 16.3. The fourth-order valence-corrected chi connectivity index (χ4v) is 8.69. The van der Waals surface area contributed by atoms with Gasteiger partial charge < -0.3 is 18.6 Å². The molecule has 5 heteroatoms. The lowest BCUT2D eigenvalue weighted by Crippen LogP contribution is -2.61. The molecule has 2 aliphatic heterocycles. The molecular formula is C46H33BN2O2. The third-order valence-electron chi connectivity index (χ3n) is 11.2. The zero-order valence-corrected chi connectivity index (χ0v) is 28.5. The summed E-state index contributed by atoms with van der Waals surface area (Å²) in [6.07, 6.45) is 2.00. The smallest absolute Gasteiger partial charge is 0.252 e. The van der Waals surface area contributed by atoms with E-state index in [0.717, 1.165) is 73.8 Å². The van der Waals surface area contributed by atoms with Gasteiger partial charge in [0.1, 0.15) is 22.3 Å². The average Bonchev–Trinajstić information content (AvgIpc) is 3.73. The molecule has 0 saturated carbocycles. The van der Waals surface area contributed by atoms with Crippen molar-refractivity contribution in [2.24, 2.45) is 0 Å². The highest BCUT2D eigenvalue weighted by molar-refractivity contribution is 7.00. The third kappa shape index (κ3) is 4.03. The highest BCUT2D eigenvalue weighted by Crippen LogP contribution is 2.46. The van der Waals surface area contributed by atoms with Crippen molar-refractivity contribution >= 4 is 101 Å². The lowest BCUT2D eigenvalue weighted by atomic mass is 9.33. The average molecular weight is 657 g/mol. The van der Waals surface area contributed by atoms with Crippen LogP contribution in [0.3, 0.4) is 0 Å². The molecule has 51 heavy (non-hydrogen) atoms. The summed E-state index contributed by atoms with van der Waals surface area (Å²) in [6.45, 7) is 4.39. The Bertz CT molecular complexity index is 2850. The van der Waals surface area contributed by atoms with E-state index >= 15 is 0 Å². The Balaban J connectivity index is 1.27. The van der Waals surface area contributed by atoms with Crippen molar-refractivity contribution in [3.8, 4) is 0 Å².